The normalized spacial score (nSPS) is 10.5. The summed E-state index contributed by atoms with van der Waals surface area (Å²) < 4.78 is 13.7. The zero-order valence-corrected chi connectivity index (χ0v) is 11.1. The molecule has 0 bridgehead atoms. The highest BCUT2D eigenvalue weighted by Crippen LogP contribution is 2.22. The maximum Gasteiger partial charge on any atom is 0.323 e. The third-order valence-electron chi connectivity index (χ3n) is 3.04. The van der Waals surface area contributed by atoms with E-state index in [0.29, 0.717) is 12.8 Å². The van der Waals surface area contributed by atoms with Gasteiger partial charge in [-0.1, -0.05) is 26.0 Å². The highest BCUT2D eigenvalue weighted by Gasteiger charge is 2.26. The summed E-state index contributed by atoms with van der Waals surface area (Å²) in [5, 5.41) is 8.90. The minimum atomic E-state index is -1.16. The Morgan fingerprint density at radius 3 is 2.32 bits per heavy atom. The molecular formula is C14H18FNO3. The standard InChI is InChI=1S/C14H18FNO3/c1-3-10(4-2)14(19)16(9-13(17)18)12-8-6-5-7-11(12)15/h5-8,10H,3-4,9H2,1-2H3,(H,17,18). The smallest absolute Gasteiger partial charge is 0.323 e. The number of amides is 1. The summed E-state index contributed by atoms with van der Waals surface area (Å²) in [6, 6.07) is 5.70. The van der Waals surface area contributed by atoms with E-state index in [4.69, 9.17) is 5.11 Å². The average molecular weight is 267 g/mol. The van der Waals surface area contributed by atoms with Crippen LogP contribution in [0.1, 0.15) is 26.7 Å². The van der Waals surface area contributed by atoms with Crippen molar-refractivity contribution in [3.05, 3.63) is 30.1 Å². The molecule has 1 aromatic carbocycles. The molecule has 104 valence electrons. The van der Waals surface area contributed by atoms with Crippen molar-refractivity contribution in [2.75, 3.05) is 11.4 Å². The number of para-hydroxylation sites is 1. The van der Waals surface area contributed by atoms with Gasteiger partial charge >= 0.3 is 5.97 Å². The quantitative estimate of drug-likeness (QED) is 0.862. The Kier molecular flexibility index (Phi) is 5.48. The van der Waals surface area contributed by atoms with Gasteiger partial charge in [0.15, 0.2) is 0 Å². The summed E-state index contributed by atoms with van der Waals surface area (Å²) in [6.45, 7) is 3.18. The average Bonchev–Trinajstić information content (AvgIpc) is 2.38. The van der Waals surface area contributed by atoms with Crippen LogP contribution in [0.3, 0.4) is 0 Å². The Morgan fingerprint density at radius 2 is 1.84 bits per heavy atom. The number of benzene rings is 1. The Bertz CT molecular complexity index is 458. The molecule has 19 heavy (non-hydrogen) atoms. The van der Waals surface area contributed by atoms with Gasteiger partial charge in [-0.3, -0.25) is 14.5 Å². The molecule has 0 saturated heterocycles. The molecule has 0 heterocycles. The minimum Gasteiger partial charge on any atom is -0.480 e. The van der Waals surface area contributed by atoms with Gasteiger partial charge in [0.05, 0.1) is 5.69 Å². The summed E-state index contributed by atoms with van der Waals surface area (Å²) in [4.78, 5) is 24.2. The Hall–Kier alpha value is -1.91. The molecule has 1 aromatic rings. The molecule has 0 fully saturated rings. The first kappa shape index (κ1) is 15.1. The van der Waals surface area contributed by atoms with Crippen molar-refractivity contribution in [2.24, 2.45) is 5.92 Å². The van der Waals surface area contributed by atoms with E-state index < -0.39 is 18.3 Å². The van der Waals surface area contributed by atoms with Crippen LogP contribution in [-0.4, -0.2) is 23.5 Å². The van der Waals surface area contributed by atoms with Crippen molar-refractivity contribution < 1.29 is 19.1 Å². The molecule has 1 N–H and O–H groups in total. The first-order valence-corrected chi connectivity index (χ1v) is 6.28. The number of carboxylic acid groups (broad SMARTS) is 1. The molecule has 1 rings (SSSR count). The van der Waals surface area contributed by atoms with E-state index in [-0.39, 0.29) is 17.5 Å². The van der Waals surface area contributed by atoms with Gasteiger partial charge in [0.1, 0.15) is 12.4 Å². The van der Waals surface area contributed by atoms with Crippen molar-refractivity contribution in [1.82, 2.24) is 0 Å². The van der Waals surface area contributed by atoms with E-state index in [2.05, 4.69) is 0 Å². The maximum atomic E-state index is 13.7. The molecule has 0 aromatic heterocycles. The summed E-state index contributed by atoms with van der Waals surface area (Å²) in [5.41, 5.74) is 0.0156. The molecule has 5 heteroatoms. The van der Waals surface area contributed by atoms with Crippen LogP contribution >= 0.6 is 0 Å². The largest absolute Gasteiger partial charge is 0.480 e. The summed E-state index contributed by atoms with van der Waals surface area (Å²) in [5.74, 6) is -2.40. The second-order valence-corrected chi connectivity index (χ2v) is 4.28. The third kappa shape index (κ3) is 3.77. The highest BCUT2D eigenvalue weighted by atomic mass is 19.1. The lowest BCUT2D eigenvalue weighted by molar-refractivity contribution is -0.137. The number of rotatable bonds is 6. The fourth-order valence-electron chi connectivity index (χ4n) is 1.95. The molecular weight excluding hydrogens is 249 g/mol. The van der Waals surface area contributed by atoms with Crippen molar-refractivity contribution in [2.45, 2.75) is 26.7 Å². The van der Waals surface area contributed by atoms with Crippen LogP contribution in [-0.2, 0) is 9.59 Å². The summed E-state index contributed by atoms with van der Waals surface area (Å²) in [7, 11) is 0. The highest BCUT2D eigenvalue weighted by molar-refractivity contribution is 5.98. The van der Waals surface area contributed by atoms with Crippen molar-refractivity contribution in [3.8, 4) is 0 Å². The van der Waals surface area contributed by atoms with Gasteiger partial charge in [0.2, 0.25) is 5.91 Å². The molecule has 4 nitrogen and oxygen atoms in total. The van der Waals surface area contributed by atoms with E-state index in [1.807, 2.05) is 13.8 Å². The molecule has 0 unspecified atom stereocenters. The van der Waals surface area contributed by atoms with E-state index in [1.54, 1.807) is 6.07 Å². The van der Waals surface area contributed by atoms with Crippen LogP contribution < -0.4 is 4.90 Å². The molecule has 0 atom stereocenters. The van der Waals surface area contributed by atoms with Crippen LogP contribution in [0.2, 0.25) is 0 Å². The molecule has 1 amide bonds. The van der Waals surface area contributed by atoms with Gasteiger partial charge < -0.3 is 5.11 Å². The number of aliphatic carboxylic acids is 1. The number of carbonyl (C=O) groups excluding carboxylic acids is 1. The summed E-state index contributed by atoms with van der Waals surface area (Å²) >= 11 is 0. The van der Waals surface area contributed by atoms with Crippen LogP contribution in [0.4, 0.5) is 10.1 Å². The number of hydrogen-bond acceptors (Lipinski definition) is 2. The number of halogens is 1. The second-order valence-electron chi connectivity index (χ2n) is 4.28. The van der Waals surface area contributed by atoms with Crippen molar-refractivity contribution in [3.63, 3.8) is 0 Å². The number of carboxylic acids is 1. The van der Waals surface area contributed by atoms with Crippen LogP contribution in [0.25, 0.3) is 0 Å². The molecule has 0 spiro atoms. The minimum absolute atomic E-state index is 0.0156. The van der Waals surface area contributed by atoms with Gasteiger partial charge in [-0.2, -0.15) is 0 Å². The fraction of sp³-hybridized carbons (Fsp3) is 0.429. The van der Waals surface area contributed by atoms with Crippen molar-refractivity contribution in [1.29, 1.82) is 0 Å². The zero-order chi connectivity index (χ0) is 14.4. The maximum absolute atomic E-state index is 13.7. The fourth-order valence-corrected chi connectivity index (χ4v) is 1.95. The van der Waals surface area contributed by atoms with E-state index >= 15 is 0 Å². The third-order valence-corrected chi connectivity index (χ3v) is 3.04. The molecule has 0 aliphatic carbocycles. The number of hydrogen-bond donors (Lipinski definition) is 1. The van der Waals surface area contributed by atoms with Crippen LogP contribution in [0, 0.1) is 11.7 Å². The lowest BCUT2D eigenvalue weighted by Gasteiger charge is -2.25. The van der Waals surface area contributed by atoms with E-state index in [0.717, 1.165) is 4.90 Å². The Labute approximate surface area is 111 Å². The van der Waals surface area contributed by atoms with E-state index in [9.17, 15) is 14.0 Å². The zero-order valence-electron chi connectivity index (χ0n) is 11.1. The first-order valence-electron chi connectivity index (χ1n) is 6.28. The monoisotopic (exact) mass is 267 g/mol. The number of anilines is 1. The topological polar surface area (TPSA) is 57.6 Å². The van der Waals surface area contributed by atoms with E-state index in [1.165, 1.54) is 18.2 Å². The van der Waals surface area contributed by atoms with Gasteiger partial charge in [-0.05, 0) is 25.0 Å². The number of carbonyl (C=O) groups is 2. The Morgan fingerprint density at radius 1 is 1.26 bits per heavy atom. The molecule has 0 radical (unpaired) electrons. The summed E-state index contributed by atoms with van der Waals surface area (Å²) in [6.07, 6.45) is 1.19. The molecule has 0 aliphatic heterocycles. The van der Waals surface area contributed by atoms with Crippen molar-refractivity contribution >= 4 is 17.6 Å². The van der Waals surface area contributed by atoms with Crippen LogP contribution in [0.5, 0.6) is 0 Å². The van der Waals surface area contributed by atoms with Crippen LogP contribution in [0.15, 0.2) is 24.3 Å². The predicted molar refractivity (Wildman–Crippen MR) is 70.5 cm³/mol. The molecule has 0 saturated carbocycles. The number of nitrogens with zero attached hydrogens (tertiary/aromatic N) is 1. The van der Waals surface area contributed by atoms with Gasteiger partial charge in [-0.25, -0.2) is 4.39 Å². The first-order chi connectivity index (χ1) is 9.01. The Balaban J connectivity index is 3.11. The second kappa shape index (κ2) is 6.87. The van der Waals surface area contributed by atoms with Gasteiger partial charge in [0, 0.05) is 5.92 Å². The van der Waals surface area contributed by atoms with Gasteiger partial charge in [0.25, 0.3) is 0 Å². The molecule has 0 aliphatic rings. The predicted octanol–water partition coefficient (Wildman–Crippen LogP) is 2.68. The van der Waals surface area contributed by atoms with Gasteiger partial charge in [-0.15, -0.1) is 0 Å². The SMILES string of the molecule is CCC(CC)C(=O)N(CC(=O)O)c1ccccc1F. The lowest BCUT2D eigenvalue weighted by atomic mass is 10.0. The lowest BCUT2D eigenvalue weighted by Crippen LogP contribution is -2.40.